The summed E-state index contributed by atoms with van der Waals surface area (Å²) >= 11 is 1.38. The fourth-order valence-electron chi connectivity index (χ4n) is 2.44. The van der Waals surface area contributed by atoms with Crippen LogP contribution in [-0.4, -0.2) is 23.4 Å². The second-order valence-electron chi connectivity index (χ2n) is 6.29. The van der Waals surface area contributed by atoms with Crippen LogP contribution in [0.4, 0.5) is 4.39 Å². The van der Waals surface area contributed by atoms with E-state index in [1.165, 1.54) is 23.5 Å². The maximum absolute atomic E-state index is 13.0. The Labute approximate surface area is 166 Å². The van der Waals surface area contributed by atoms with E-state index in [0.717, 1.165) is 16.7 Å². The topological polar surface area (TPSA) is 68.3 Å². The second-order valence-corrected chi connectivity index (χ2v) is 7.15. The van der Waals surface area contributed by atoms with Crippen LogP contribution >= 0.6 is 11.3 Å². The van der Waals surface area contributed by atoms with Crippen molar-refractivity contribution in [2.45, 2.75) is 20.5 Å². The molecule has 1 heterocycles. The molecule has 5 nitrogen and oxygen atoms in total. The van der Waals surface area contributed by atoms with E-state index in [9.17, 15) is 14.0 Å². The standard InChI is InChI=1S/C21H19FN2O3S/c1-13-3-4-16(9-14(13)2)20(26)23-10-19(25)27-11-18-12-28-21(24-18)15-5-7-17(22)8-6-15/h3-9,12H,10-11H2,1-2H3,(H,23,26). The van der Waals surface area contributed by atoms with E-state index in [4.69, 9.17) is 4.74 Å². The van der Waals surface area contributed by atoms with Crippen LogP contribution in [0.2, 0.25) is 0 Å². The lowest BCUT2D eigenvalue weighted by molar-refractivity contribution is -0.143. The fraction of sp³-hybridized carbons (Fsp3) is 0.190. The lowest BCUT2D eigenvalue weighted by Crippen LogP contribution is -2.30. The van der Waals surface area contributed by atoms with Gasteiger partial charge in [-0.05, 0) is 61.4 Å². The first kappa shape index (κ1) is 19.7. The summed E-state index contributed by atoms with van der Waals surface area (Å²) in [5.74, 6) is -1.18. The van der Waals surface area contributed by atoms with Crippen LogP contribution in [0.25, 0.3) is 10.6 Å². The molecule has 0 radical (unpaired) electrons. The molecule has 0 aliphatic rings. The number of carbonyl (C=O) groups is 2. The number of esters is 1. The van der Waals surface area contributed by atoms with Gasteiger partial charge in [0.05, 0.1) is 5.69 Å². The smallest absolute Gasteiger partial charge is 0.325 e. The molecule has 0 fully saturated rings. The first-order valence-electron chi connectivity index (χ1n) is 8.64. The van der Waals surface area contributed by atoms with Gasteiger partial charge in [0, 0.05) is 16.5 Å². The van der Waals surface area contributed by atoms with Crippen molar-refractivity contribution in [2.75, 3.05) is 6.54 Å². The van der Waals surface area contributed by atoms with E-state index < -0.39 is 5.97 Å². The van der Waals surface area contributed by atoms with Crippen LogP contribution in [0.1, 0.15) is 27.2 Å². The molecule has 0 unspecified atom stereocenters. The summed E-state index contributed by atoms with van der Waals surface area (Å²) in [5, 5.41) is 5.05. The molecule has 0 atom stereocenters. The molecule has 0 bridgehead atoms. The number of benzene rings is 2. The minimum Gasteiger partial charge on any atom is -0.458 e. The van der Waals surface area contributed by atoms with Crippen molar-refractivity contribution in [1.29, 1.82) is 0 Å². The molecule has 1 N–H and O–H groups in total. The molecule has 0 aliphatic heterocycles. The van der Waals surface area contributed by atoms with Crippen LogP contribution in [-0.2, 0) is 16.1 Å². The maximum Gasteiger partial charge on any atom is 0.325 e. The van der Waals surface area contributed by atoms with Crippen LogP contribution < -0.4 is 5.32 Å². The zero-order chi connectivity index (χ0) is 20.1. The third kappa shape index (κ3) is 5.01. The van der Waals surface area contributed by atoms with E-state index in [0.29, 0.717) is 16.3 Å². The highest BCUT2D eigenvalue weighted by Gasteiger charge is 2.11. The Kier molecular flexibility index (Phi) is 6.16. The number of nitrogens with one attached hydrogen (secondary N) is 1. The average molecular weight is 398 g/mol. The Morgan fingerprint density at radius 1 is 1.11 bits per heavy atom. The summed E-state index contributed by atoms with van der Waals surface area (Å²) in [6.45, 7) is 3.68. The van der Waals surface area contributed by atoms with Gasteiger partial charge in [0.15, 0.2) is 0 Å². The summed E-state index contributed by atoms with van der Waals surface area (Å²) in [5.41, 5.74) is 4.00. The number of amides is 1. The van der Waals surface area contributed by atoms with Crippen molar-refractivity contribution in [3.8, 4) is 10.6 Å². The van der Waals surface area contributed by atoms with Gasteiger partial charge in [-0.3, -0.25) is 9.59 Å². The number of halogens is 1. The quantitative estimate of drug-likeness (QED) is 0.637. The highest BCUT2D eigenvalue weighted by atomic mass is 32.1. The van der Waals surface area contributed by atoms with Crippen molar-refractivity contribution in [3.05, 3.63) is 76.0 Å². The molecule has 3 rings (SSSR count). The van der Waals surface area contributed by atoms with E-state index in [1.807, 2.05) is 19.9 Å². The summed E-state index contributed by atoms with van der Waals surface area (Å²) in [7, 11) is 0. The number of carbonyl (C=O) groups excluding carboxylic acids is 2. The number of aryl methyl sites for hydroxylation is 2. The van der Waals surface area contributed by atoms with Gasteiger partial charge in [-0.1, -0.05) is 6.07 Å². The van der Waals surface area contributed by atoms with Gasteiger partial charge >= 0.3 is 5.97 Å². The number of hydrogen-bond acceptors (Lipinski definition) is 5. The van der Waals surface area contributed by atoms with Gasteiger partial charge in [0.2, 0.25) is 0 Å². The molecule has 28 heavy (non-hydrogen) atoms. The zero-order valence-corrected chi connectivity index (χ0v) is 16.3. The average Bonchev–Trinajstić information content (AvgIpc) is 3.16. The molecule has 144 valence electrons. The maximum atomic E-state index is 13.0. The molecule has 2 aromatic carbocycles. The third-order valence-corrected chi connectivity index (χ3v) is 5.13. The molecule has 0 saturated carbocycles. The first-order valence-corrected chi connectivity index (χ1v) is 9.52. The molecular weight excluding hydrogens is 379 g/mol. The lowest BCUT2D eigenvalue weighted by atomic mass is 10.1. The number of thiazole rings is 1. The van der Waals surface area contributed by atoms with E-state index >= 15 is 0 Å². The molecule has 1 amide bonds. The Hall–Kier alpha value is -3.06. The normalized spacial score (nSPS) is 10.5. The number of nitrogens with zero attached hydrogens (tertiary/aromatic N) is 1. The Balaban J connectivity index is 1.48. The monoisotopic (exact) mass is 398 g/mol. The molecule has 1 aromatic heterocycles. The van der Waals surface area contributed by atoms with Crippen LogP contribution in [0.3, 0.4) is 0 Å². The summed E-state index contributed by atoms with van der Waals surface area (Å²) in [4.78, 5) is 28.4. The number of ether oxygens (including phenoxy) is 1. The van der Waals surface area contributed by atoms with Gasteiger partial charge in [-0.15, -0.1) is 11.3 Å². The Morgan fingerprint density at radius 3 is 2.57 bits per heavy atom. The summed E-state index contributed by atoms with van der Waals surface area (Å²) < 4.78 is 18.1. The van der Waals surface area contributed by atoms with Gasteiger partial charge < -0.3 is 10.1 Å². The van der Waals surface area contributed by atoms with Crippen molar-refractivity contribution in [3.63, 3.8) is 0 Å². The predicted octanol–water partition coefficient (Wildman–Crippen LogP) is 4.04. The van der Waals surface area contributed by atoms with Crippen molar-refractivity contribution in [2.24, 2.45) is 0 Å². The second kappa shape index (κ2) is 8.75. The minimum atomic E-state index is -0.548. The van der Waals surface area contributed by atoms with Gasteiger partial charge in [-0.25, -0.2) is 9.37 Å². The first-order chi connectivity index (χ1) is 13.4. The Morgan fingerprint density at radius 2 is 1.86 bits per heavy atom. The van der Waals surface area contributed by atoms with E-state index in [2.05, 4.69) is 10.3 Å². The summed E-state index contributed by atoms with van der Waals surface area (Å²) in [6, 6.07) is 11.4. The highest BCUT2D eigenvalue weighted by Crippen LogP contribution is 2.24. The van der Waals surface area contributed by atoms with Crippen molar-refractivity contribution < 1.29 is 18.7 Å². The van der Waals surface area contributed by atoms with E-state index in [-0.39, 0.29) is 24.9 Å². The molecule has 3 aromatic rings. The van der Waals surface area contributed by atoms with E-state index in [1.54, 1.807) is 29.6 Å². The van der Waals surface area contributed by atoms with Gasteiger partial charge in [0.25, 0.3) is 5.91 Å². The number of aromatic nitrogens is 1. The van der Waals surface area contributed by atoms with Gasteiger partial charge in [-0.2, -0.15) is 0 Å². The molecule has 0 aliphatic carbocycles. The minimum absolute atomic E-state index is 0.00996. The molecule has 0 spiro atoms. The van der Waals surface area contributed by atoms with Crippen LogP contribution in [0.5, 0.6) is 0 Å². The van der Waals surface area contributed by atoms with Crippen LogP contribution in [0, 0.1) is 19.7 Å². The largest absolute Gasteiger partial charge is 0.458 e. The molecule has 0 saturated heterocycles. The summed E-state index contributed by atoms with van der Waals surface area (Å²) in [6.07, 6.45) is 0. The van der Waals surface area contributed by atoms with Crippen LogP contribution in [0.15, 0.2) is 47.8 Å². The zero-order valence-electron chi connectivity index (χ0n) is 15.5. The molecular formula is C21H19FN2O3S. The van der Waals surface area contributed by atoms with Crippen molar-refractivity contribution in [1.82, 2.24) is 10.3 Å². The SMILES string of the molecule is Cc1ccc(C(=O)NCC(=O)OCc2csc(-c3ccc(F)cc3)n2)cc1C. The third-order valence-electron chi connectivity index (χ3n) is 4.19. The fourth-order valence-corrected chi connectivity index (χ4v) is 3.25. The lowest BCUT2D eigenvalue weighted by Gasteiger charge is -2.07. The molecule has 7 heteroatoms. The van der Waals surface area contributed by atoms with Gasteiger partial charge in [0.1, 0.15) is 24.0 Å². The Bertz CT molecular complexity index is 999. The predicted molar refractivity (Wildman–Crippen MR) is 106 cm³/mol. The number of rotatable bonds is 6. The number of hydrogen-bond donors (Lipinski definition) is 1. The van der Waals surface area contributed by atoms with Crippen molar-refractivity contribution >= 4 is 23.2 Å². The highest BCUT2D eigenvalue weighted by molar-refractivity contribution is 7.13.